The van der Waals surface area contributed by atoms with Crippen molar-refractivity contribution in [2.75, 3.05) is 13.3 Å². The van der Waals surface area contributed by atoms with E-state index in [1.807, 2.05) is 18.2 Å². The number of hydrogen-bond acceptors (Lipinski definition) is 5. The summed E-state index contributed by atoms with van der Waals surface area (Å²) in [5, 5.41) is 2.84. The van der Waals surface area contributed by atoms with E-state index in [1.54, 1.807) is 6.92 Å². The van der Waals surface area contributed by atoms with Gasteiger partial charge in [0.25, 0.3) is 5.91 Å². The van der Waals surface area contributed by atoms with Gasteiger partial charge in [0.2, 0.25) is 6.79 Å². The molecule has 5 fully saturated rings. The Hall–Kier alpha value is -2.57. The van der Waals surface area contributed by atoms with Crippen LogP contribution in [0.1, 0.15) is 51.0 Å². The number of ether oxygens (including phenoxy) is 2. The highest BCUT2D eigenvalue weighted by Gasteiger charge is 2.56. The van der Waals surface area contributed by atoms with Gasteiger partial charge in [-0.15, -0.1) is 0 Å². The number of benzene rings is 1. The summed E-state index contributed by atoms with van der Waals surface area (Å²) in [6, 6.07) is 5.07. The average molecular weight is 424 g/mol. The minimum Gasteiger partial charge on any atom is -0.454 e. The molecule has 0 unspecified atom stereocenters. The van der Waals surface area contributed by atoms with Gasteiger partial charge in [-0.05, 0) is 80.9 Å². The van der Waals surface area contributed by atoms with Gasteiger partial charge in [0.15, 0.2) is 17.3 Å². The zero-order valence-electron chi connectivity index (χ0n) is 17.8. The molecule has 1 N–H and O–H groups in total. The summed E-state index contributed by atoms with van der Waals surface area (Å²) in [6.07, 6.45) is 6.91. The third-order valence-corrected chi connectivity index (χ3v) is 8.27. The first-order valence-electron chi connectivity index (χ1n) is 11.4. The molecular formula is C24H28N2O5. The van der Waals surface area contributed by atoms with Gasteiger partial charge in [-0.3, -0.25) is 14.5 Å². The molecule has 6 aliphatic rings. The number of Topliss-reactive ketones (excluding diaryl/α,β-unsaturated/α-hetero) is 1. The van der Waals surface area contributed by atoms with Crippen LogP contribution < -0.4 is 14.8 Å². The smallest absolute Gasteiger partial charge is 0.325 e. The number of nitrogens with zero attached hydrogens (tertiary/aromatic N) is 1. The van der Waals surface area contributed by atoms with E-state index in [4.69, 9.17) is 9.47 Å². The van der Waals surface area contributed by atoms with Crippen LogP contribution in [0.25, 0.3) is 0 Å². The first kappa shape index (κ1) is 19.1. The summed E-state index contributed by atoms with van der Waals surface area (Å²) in [6.45, 7) is 1.81. The van der Waals surface area contributed by atoms with Gasteiger partial charge in [0.1, 0.15) is 5.54 Å². The second-order valence-electron chi connectivity index (χ2n) is 10.6. The Morgan fingerprint density at radius 1 is 1.06 bits per heavy atom. The number of urea groups is 1. The third-order valence-electron chi connectivity index (χ3n) is 8.27. The lowest BCUT2D eigenvalue weighted by Crippen LogP contribution is -2.53. The summed E-state index contributed by atoms with van der Waals surface area (Å²) in [7, 11) is 0. The minimum absolute atomic E-state index is 0.0856. The van der Waals surface area contributed by atoms with Crippen molar-refractivity contribution >= 4 is 17.7 Å². The molecule has 31 heavy (non-hydrogen) atoms. The van der Waals surface area contributed by atoms with Crippen molar-refractivity contribution in [3.05, 3.63) is 23.8 Å². The lowest BCUT2D eigenvalue weighted by molar-refractivity contribution is -0.147. The Balaban J connectivity index is 1.18. The third kappa shape index (κ3) is 2.96. The molecule has 164 valence electrons. The van der Waals surface area contributed by atoms with Crippen LogP contribution in [0.4, 0.5) is 4.79 Å². The monoisotopic (exact) mass is 424 g/mol. The van der Waals surface area contributed by atoms with Crippen LogP contribution in [0.15, 0.2) is 18.2 Å². The summed E-state index contributed by atoms with van der Waals surface area (Å²) in [4.78, 5) is 40.6. The number of carbonyl (C=O) groups excluding carboxylic acids is 3. The van der Waals surface area contributed by atoms with Gasteiger partial charge in [0.05, 0.1) is 6.54 Å². The fourth-order valence-electron chi connectivity index (χ4n) is 7.23. The maximum absolute atomic E-state index is 13.4. The van der Waals surface area contributed by atoms with Gasteiger partial charge in [-0.25, -0.2) is 4.79 Å². The molecule has 3 amide bonds. The van der Waals surface area contributed by atoms with Gasteiger partial charge >= 0.3 is 6.03 Å². The number of rotatable bonds is 5. The van der Waals surface area contributed by atoms with Crippen molar-refractivity contribution in [1.82, 2.24) is 10.2 Å². The Labute approximate surface area is 181 Å². The Kier molecular flexibility index (Phi) is 3.99. The Bertz CT molecular complexity index is 953. The Morgan fingerprint density at radius 2 is 1.71 bits per heavy atom. The largest absolute Gasteiger partial charge is 0.454 e. The predicted octanol–water partition coefficient (Wildman–Crippen LogP) is 3.05. The van der Waals surface area contributed by atoms with E-state index >= 15 is 0 Å². The molecule has 2 heterocycles. The maximum Gasteiger partial charge on any atom is 0.325 e. The number of ketones is 1. The number of hydrogen-bond donors (Lipinski definition) is 1. The number of nitrogens with one attached hydrogen (secondary N) is 1. The van der Waals surface area contributed by atoms with E-state index in [0.717, 1.165) is 29.7 Å². The molecule has 0 spiro atoms. The van der Waals surface area contributed by atoms with E-state index in [-0.39, 0.29) is 30.4 Å². The summed E-state index contributed by atoms with van der Waals surface area (Å²) in [5.41, 5.74) is -0.521. The molecule has 4 saturated carbocycles. The first-order chi connectivity index (χ1) is 14.8. The first-order valence-corrected chi connectivity index (χ1v) is 11.4. The molecule has 1 aromatic rings. The summed E-state index contributed by atoms with van der Waals surface area (Å²) >= 11 is 0. The van der Waals surface area contributed by atoms with Crippen molar-refractivity contribution in [2.45, 2.75) is 57.4 Å². The van der Waals surface area contributed by atoms with E-state index in [9.17, 15) is 14.4 Å². The zero-order valence-corrected chi connectivity index (χ0v) is 17.8. The van der Waals surface area contributed by atoms with Crippen molar-refractivity contribution in [1.29, 1.82) is 0 Å². The highest BCUT2D eigenvalue weighted by Crippen LogP contribution is 2.60. The summed E-state index contributed by atoms with van der Waals surface area (Å²) in [5.74, 6) is 3.03. The van der Waals surface area contributed by atoms with E-state index in [2.05, 4.69) is 5.32 Å². The standard InChI is InChI=1S/C24H28N2O5/c1-23(8-14-2-3-18-19(7-14)31-13-30-18)21(28)26(22(29)25-23)12-20(27)24-9-15-4-16(10-24)6-17(5-15)11-24/h2-3,7,15-17H,4-6,8-13H2,1H3,(H,25,29)/t15?,16?,17?,23-,24?/m1/s1. The quantitative estimate of drug-likeness (QED) is 0.735. The number of imide groups is 1. The molecule has 1 saturated heterocycles. The molecule has 4 aliphatic carbocycles. The lowest BCUT2D eigenvalue weighted by Gasteiger charge is -2.56. The van der Waals surface area contributed by atoms with Gasteiger partial charge < -0.3 is 14.8 Å². The fraction of sp³-hybridized carbons (Fsp3) is 0.625. The number of carbonyl (C=O) groups is 3. The fourth-order valence-corrected chi connectivity index (χ4v) is 7.23. The molecule has 0 radical (unpaired) electrons. The lowest BCUT2D eigenvalue weighted by atomic mass is 9.48. The predicted molar refractivity (Wildman–Crippen MR) is 111 cm³/mol. The van der Waals surface area contributed by atoms with Gasteiger partial charge in [0, 0.05) is 11.8 Å². The van der Waals surface area contributed by atoms with Crippen LogP contribution in [-0.2, 0) is 16.0 Å². The van der Waals surface area contributed by atoms with Crippen LogP contribution in [0, 0.1) is 23.2 Å². The topological polar surface area (TPSA) is 84.9 Å². The van der Waals surface area contributed by atoms with Gasteiger partial charge in [-0.1, -0.05) is 6.07 Å². The SMILES string of the molecule is C[C@]1(Cc2ccc3c(c2)OCO3)NC(=O)N(CC(=O)C23CC4CC(CC(C4)C2)C3)C1=O. The second kappa shape index (κ2) is 6.47. The zero-order chi connectivity index (χ0) is 21.4. The van der Waals surface area contributed by atoms with Crippen molar-refractivity contribution in [3.8, 4) is 11.5 Å². The number of amides is 3. The van der Waals surface area contributed by atoms with E-state index in [0.29, 0.717) is 35.7 Å². The molecule has 1 atom stereocenters. The number of fused-ring (bicyclic) bond motifs is 1. The Morgan fingerprint density at radius 3 is 2.39 bits per heavy atom. The second-order valence-corrected chi connectivity index (χ2v) is 10.6. The van der Waals surface area contributed by atoms with Crippen LogP contribution in [-0.4, -0.2) is 41.5 Å². The van der Waals surface area contributed by atoms with Crippen LogP contribution in [0.2, 0.25) is 0 Å². The molecule has 0 aromatic heterocycles. The minimum atomic E-state index is -1.08. The van der Waals surface area contributed by atoms with E-state index in [1.165, 1.54) is 19.3 Å². The maximum atomic E-state index is 13.4. The van der Waals surface area contributed by atoms with Crippen molar-refractivity contribution in [2.24, 2.45) is 23.2 Å². The van der Waals surface area contributed by atoms with Crippen molar-refractivity contribution in [3.63, 3.8) is 0 Å². The van der Waals surface area contributed by atoms with Crippen LogP contribution >= 0.6 is 0 Å². The molecule has 1 aromatic carbocycles. The molecule has 7 heteroatoms. The van der Waals surface area contributed by atoms with Crippen molar-refractivity contribution < 1.29 is 23.9 Å². The molecule has 4 bridgehead atoms. The normalized spacial score (nSPS) is 37.5. The molecule has 7 rings (SSSR count). The van der Waals surface area contributed by atoms with E-state index < -0.39 is 11.6 Å². The molecular weight excluding hydrogens is 396 g/mol. The highest BCUT2D eigenvalue weighted by molar-refractivity contribution is 6.09. The molecule has 7 nitrogen and oxygen atoms in total. The molecule has 2 aliphatic heterocycles. The van der Waals surface area contributed by atoms with Crippen LogP contribution in [0.5, 0.6) is 11.5 Å². The summed E-state index contributed by atoms with van der Waals surface area (Å²) < 4.78 is 10.8. The highest BCUT2D eigenvalue weighted by atomic mass is 16.7. The average Bonchev–Trinajstić information content (AvgIpc) is 3.25. The van der Waals surface area contributed by atoms with Gasteiger partial charge in [-0.2, -0.15) is 0 Å². The van der Waals surface area contributed by atoms with Crippen LogP contribution in [0.3, 0.4) is 0 Å².